The highest BCUT2D eigenvalue weighted by Gasteiger charge is 2.37. The van der Waals surface area contributed by atoms with Crippen molar-refractivity contribution in [2.24, 2.45) is 5.92 Å². The number of piperidine rings is 1. The van der Waals surface area contributed by atoms with Crippen LogP contribution in [0.4, 0.5) is 0 Å². The van der Waals surface area contributed by atoms with Crippen molar-refractivity contribution < 1.29 is 10.0 Å². The highest BCUT2D eigenvalue weighted by molar-refractivity contribution is 6.30. The van der Waals surface area contributed by atoms with E-state index in [-0.39, 0.29) is 5.56 Å². The fourth-order valence-electron chi connectivity index (χ4n) is 4.23. The first-order chi connectivity index (χ1) is 11.1. The number of rotatable bonds is 2. The molecule has 3 atom stereocenters. The lowest BCUT2D eigenvalue weighted by atomic mass is 9.83. The molecule has 1 aromatic carbocycles. The van der Waals surface area contributed by atoms with Crippen LogP contribution < -0.4 is 10.5 Å². The highest BCUT2D eigenvalue weighted by Crippen LogP contribution is 2.30. The van der Waals surface area contributed by atoms with Gasteiger partial charge in [0.2, 0.25) is 0 Å². The van der Waals surface area contributed by atoms with Crippen LogP contribution in [0, 0.1) is 5.92 Å². The molecule has 2 aromatic rings. The van der Waals surface area contributed by atoms with Gasteiger partial charge in [-0.1, -0.05) is 17.7 Å². The quantitative estimate of drug-likeness (QED) is 0.874. The number of quaternary nitrogens is 1. The van der Waals surface area contributed by atoms with Crippen LogP contribution in [0.1, 0.15) is 23.6 Å². The molecule has 4 rings (SSSR count). The Labute approximate surface area is 139 Å². The number of hydrogen-bond acceptors (Lipinski definition) is 2. The van der Waals surface area contributed by atoms with Crippen LogP contribution >= 0.6 is 11.6 Å². The summed E-state index contributed by atoms with van der Waals surface area (Å²) in [6, 6.07) is 10.8. The number of likely N-dealkylation sites (tertiary alicyclic amines) is 1. The van der Waals surface area contributed by atoms with Gasteiger partial charge in [0.05, 0.1) is 13.1 Å². The molecule has 1 aromatic heterocycles. The van der Waals surface area contributed by atoms with Gasteiger partial charge < -0.3 is 14.6 Å². The van der Waals surface area contributed by atoms with Crippen molar-refractivity contribution in [2.75, 3.05) is 13.1 Å². The summed E-state index contributed by atoms with van der Waals surface area (Å²) in [5.41, 5.74) is 2.19. The fraction of sp³-hybridized carbons (Fsp3) is 0.389. The van der Waals surface area contributed by atoms with E-state index in [0.29, 0.717) is 22.6 Å². The van der Waals surface area contributed by atoms with Crippen molar-refractivity contribution in [3.05, 3.63) is 63.0 Å². The summed E-state index contributed by atoms with van der Waals surface area (Å²) >= 11 is 6.06. The summed E-state index contributed by atoms with van der Waals surface area (Å²) in [7, 11) is 0. The zero-order valence-corrected chi connectivity index (χ0v) is 13.6. The predicted octanol–water partition coefficient (Wildman–Crippen LogP) is 1.41. The topological polar surface area (TPSA) is 46.7 Å². The smallest absolute Gasteiger partial charge is 0.250 e. The maximum Gasteiger partial charge on any atom is 0.250 e. The van der Waals surface area contributed by atoms with Crippen molar-refractivity contribution in [2.45, 2.75) is 25.4 Å². The van der Waals surface area contributed by atoms with Gasteiger partial charge in [0.1, 0.15) is 12.3 Å². The summed E-state index contributed by atoms with van der Waals surface area (Å²) in [5.74, 6) is 1.26. The molecule has 0 spiro atoms. The van der Waals surface area contributed by atoms with Crippen molar-refractivity contribution in [1.82, 2.24) is 4.57 Å². The van der Waals surface area contributed by atoms with Crippen LogP contribution in [0.3, 0.4) is 0 Å². The minimum absolute atomic E-state index is 0.119. The molecule has 2 N–H and O–H groups in total. The first-order valence-electron chi connectivity index (χ1n) is 8.11. The minimum Gasteiger partial charge on any atom is -0.507 e. The largest absolute Gasteiger partial charge is 0.507 e. The number of aromatic hydroxyl groups is 1. The molecule has 3 heterocycles. The monoisotopic (exact) mass is 331 g/mol. The van der Waals surface area contributed by atoms with E-state index in [2.05, 4.69) is 6.07 Å². The van der Waals surface area contributed by atoms with E-state index in [9.17, 15) is 9.90 Å². The molecule has 1 unspecified atom stereocenters. The molecule has 2 aliphatic rings. The molecular weight excluding hydrogens is 312 g/mol. The zero-order chi connectivity index (χ0) is 16.0. The molecule has 4 nitrogen and oxygen atoms in total. The number of hydrogen-bond donors (Lipinski definition) is 2. The van der Waals surface area contributed by atoms with E-state index in [1.165, 1.54) is 10.6 Å². The molecule has 0 aliphatic carbocycles. The molecule has 1 fully saturated rings. The number of benzene rings is 1. The minimum atomic E-state index is 0.119. The van der Waals surface area contributed by atoms with Crippen LogP contribution in [-0.2, 0) is 13.1 Å². The lowest BCUT2D eigenvalue weighted by Crippen LogP contribution is -3.13. The van der Waals surface area contributed by atoms with Crippen molar-refractivity contribution in [3.63, 3.8) is 0 Å². The molecule has 0 saturated carbocycles. The Balaban J connectivity index is 1.59. The summed E-state index contributed by atoms with van der Waals surface area (Å²) < 4.78 is 1.95. The third-order valence-corrected chi connectivity index (χ3v) is 5.39. The maximum absolute atomic E-state index is 12.1. The van der Waals surface area contributed by atoms with Crippen LogP contribution in [0.15, 0.2) is 41.2 Å². The predicted molar refractivity (Wildman–Crippen MR) is 89.1 cm³/mol. The molecular formula is C18H20ClN2O2+. The van der Waals surface area contributed by atoms with Crippen molar-refractivity contribution in [1.29, 1.82) is 0 Å². The number of aromatic nitrogens is 1. The van der Waals surface area contributed by atoms with Crippen LogP contribution in [-0.4, -0.2) is 22.8 Å². The fourth-order valence-corrected chi connectivity index (χ4v) is 4.42. The van der Waals surface area contributed by atoms with Crippen LogP contribution in [0.5, 0.6) is 5.75 Å². The van der Waals surface area contributed by atoms with E-state index in [0.717, 1.165) is 38.2 Å². The third-order valence-electron chi connectivity index (χ3n) is 5.15. The van der Waals surface area contributed by atoms with Gasteiger partial charge in [-0.25, -0.2) is 0 Å². The van der Waals surface area contributed by atoms with Gasteiger partial charge in [0, 0.05) is 40.7 Å². The second-order valence-corrected chi connectivity index (χ2v) is 7.24. The van der Waals surface area contributed by atoms with Crippen LogP contribution in [0.2, 0.25) is 5.02 Å². The average Bonchev–Trinajstić information content (AvgIpc) is 2.52. The van der Waals surface area contributed by atoms with Crippen LogP contribution in [0.25, 0.3) is 0 Å². The summed E-state index contributed by atoms with van der Waals surface area (Å²) in [4.78, 5) is 13.5. The molecule has 0 radical (unpaired) electrons. The zero-order valence-electron chi connectivity index (χ0n) is 12.8. The Kier molecular flexibility index (Phi) is 3.66. The normalized spacial score (nSPS) is 25.9. The summed E-state index contributed by atoms with van der Waals surface area (Å²) in [6.07, 6.45) is 1.16. The Hall–Kier alpha value is -1.78. The number of halogens is 1. The standard InChI is InChI=1S/C18H19ClN2O2/c19-15-4-5-17(22)14(7-15)11-20-8-12-6-13(10-20)16-2-1-3-18(23)21(16)9-12/h1-5,7,12-13,22H,6,8-11H2/p+1/t12-,13+/m0/s1. The Morgan fingerprint density at radius 1 is 1.26 bits per heavy atom. The lowest BCUT2D eigenvalue weighted by Gasteiger charge is -2.40. The highest BCUT2D eigenvalue weighted by atomic mass is 35.5. The molecule has 120 valence electrons. The van der Waals surface area contributed by atoms with E-state index in [4.69, 9.17) is 11.6 Å². The maximum atomic E-state index is 12.1. The molecule has 2 aliphatic heterocycles. The van der Waals surface area contributed by atoms with Crippen molar-refractivity contribution >= 4 is 11.6 Å². The van der Waals surface area contributed by atoms with Crippen molar-refractivity contribution in [3.8, 4) is 5.75 Å². The van der Waals surface area contributed by atoms with Gasteiger partial charge in [0.25, 0.3) is 5.56 Å². The molecule has 23 heavy (non-hydrogen) atoms. The van der Waals surface area contributed by atoms with Gasteiger partial charge >= 0.3 is 0 Å². The van der Waals surface area contributed by atoms with E-state index in [1.54, 1.807) is 18.2 Å². The second-order valence-electron chi connectivity index (χ2n) is 6.81. The van der Waals surface area contributed by atoms with Gasteiger partial charge in [-0.15, -0.1) is 0 Å². The summed E-state index contributed by atoms with van der Waals surface area (Å²) in [6.45, 7) is 3.61. The Morgan fingerprint density at radius 2 is 2.13 bits per heavy atom. The Morgan fingerprint density at radius 3 is 3.00 bits per heavy atom. The Bertz CT molecular complexity index is 802. The molecule has 0 amide bonds. The van der Waals surface area contributed by atoms with E-state index < -0.39 is 0 Å². The third kappa shape index (κ3) is 2.77. The molecule has 2 bridgehead atoms. The lowest BCUT2D eigenvalue weighted by molar-refractivity contribution is -0.924. The van der Waals surface area contributed by atoms with Gasteiger partial charge in [-0.05, 0) is 30.7 Å². The number of nitrogens with one attached hydrogen (secondary N) is 1. The second kappa shape index (κ2) is 5.69. The summed E-state index contributed by atoms with van der Waals surface area (Å²) in [5, 5.41) is 10.7. The number of nitrogens with zero attached hydrogens (tertiary/aromatic N) is 1. The number of fused-ring (bicyclic) bond motifs is 4. The molecule has 5 heteroatoms. The average molecular weight is 332 g/mol. The first-order valence-corrected chi connectivity index (χ1v) is 8.48. The SMILES string of the molecule is O=c1cccc2n1C[C@H]1C[C@@H]2C[NH+](Cc2cc(Cl)ccc2O)C1. The van der Waals surface area contributed by atoms with Gasteiger partial charge in [-0.3, -0.25) is 4.79 Å². The first kappa shape index (κ1) is 14.8. The number of pyridine rings is 1. The van der Waals surface area contributed by atoms with Gasteiger partial charge in [0.15, 0.2) is 0 Å². The molecule has 1 saturated heterocycles. The number of phenolic OH excluding ortho intramolecular Hbond substituents is 1. The number of phenols is 1. The van der Waals surface area contributed by atoms with Gasteiger partial charge in [-0.2, -0.15) is 0 Å². The van der Waals surface area contributed by atoms with E-state index in [1.807, 2.05) is 16.7 Å². The van der Waals surface area contributed by atoms with E-state index >= 15 is 0 Å².